The second kappa shape index (κ2) is 10.4. The Kier molecular flexibility index (Phi) is 7.10. The minimum atomic E-state index is -2.72. The predicted octanol–water partition coefficient (Wildman–Crippen LogP) is 2.39. The number of ether oxygens (including phenoxy) is 1. The first-order valence-corrected chi connectivity index (χ1v) is 14.9. The van der Waals surface area contributed by atoms with E-state index in [0.29, 0.717) is 17.4 Å². The molecule has 5 atom stereocenters. The van der Waals surface area contributed by atoms with Crippen molar-refractivity contribution < 1.29 is 39.5 Å². The van der Waals surface area contributed by atoms with E-state index in [0.717, 1.165) is 37.8 Å². The summed E-state index contributed by atoms with van der Waals surface area (Å²) in [7, 11) is 1.54. The van der Waals surface area contributed by atoms with Crippen molar-refractivity contribution in [3.05, 3.63) is 45.4 Å². The molecule has 0 spiro atoms. The molecule has 0 radical (unpaired) electrons. The summed E-state index contributed by atoms with van der Waals surface area (Å²) in [6.07, 6.45) is 9.17. The molecular weight excluding hydrogens is 542 g/mol. The number of allylic oxidation sites excluding steroid dienone is 1. The van der Waals surface area contributed by atoms with Gasteiger partial charge in [-0.05, 0) is 57.1 Å². The number of nitrogens with two attached hydrogens (primary N) is 2. The number of Topliss-reactive ketones (excluding diaryl/α,β-unsaturated/α-hetero) is 2. The summed E-state index contributed by atoms with van der Waals surface area (Å²) in [5.41, 5.74) is 8.90. The molecule has 1 aromatic carbocycles. The molecule has 226 valence electrons. The summed E-state index contributed by atoms with van der Waals surface area (Å²) in [6, 6.07) is 0.670. The maximum Gasteiger partial charge on any atom is 0.255 e. The third kappa shape index (κ3) is 4.00. The molecule has 1 amide bonds. The molecule has 1 saturated carbocycles. The lowest BCUT2D eigenvalue weighted by Crippen LogP contribution is -2.63. The van der Waals surface area contributed by atoms with Crippen molar-refractivity contribution in [2.24, 2.45) is 23.3 Å². The van der Waals surface area contributed by atoms with Crippen molar-refractivity contribution in [2.45, 2.75) is 87.9 Å². The van der Waals surface area contributed by atoms with Gasteiger partial charge in [-0.3, -0.25) is 19.3 Å². The molecule has 1 heterocycles. The van der Waals surface area contributed by atoms with E-state index in [9.17, 15) is 34.8 Å². The van der Waals surface area contributed by atoms with Crippen LogP contribution in [0, 0.1) is 11.8 Å². The lowest BCUT2D eigenvalue weighted by atomic mass is 9.59. The maximum atomic E-state index is 14.0. The Hall–Kier alpha value is -3.41. The Labute approximate surface area is 243 Å². The van der Waals surface area contributed by atoms with Crippen molar-refractivity contribution in [3.8, 4) is 11.5 Å². The smallest absolute Gasteiger partial charge is 0.255 e. The number of hydrogen-bond acceptors (Lipinski definition) is 10. The Morgan fingerprint density at radius 2 is 1.76 bits per heavy atom. The fourth-order valence-electron chi connectivity index (χ4n) is 8.43. The van der Waals surface area contributed by atoms with Crippen molar-refractivity contribution in [2.75, 3.05) is 13.7 Å². The highest BCUT2D eigenvalue weighted by Gasteiger charge is 2.62. The first kappa shape index (κ1) is 28.7. The highest BCUT2D eigenvalue weighted by atomic mass is 16.5. The number of ketones is 2. The number of amides is 1. The van der Waals surface area contributed by atoms with E-state index >= 15 is 0 Å². The van der Waals surface area contributed by atoms with E-state index in [-0.39, 0.29) is 35.8 Å². The summed E-state index contributed by atoms with van der Waals surface area (Å²) in [4.78, 5) is 41.7. The zero-order valence-electron chi connectivity index (χ0n) is 23.8. The van der Waals surface area contributed by atoms with Gasteiger partial charge in [-0.25, -0.2) is 0 Å². The number of carbonyl (C=O) groups is 3. The molecule has 1 aliphatic heterocycles. The van der Waals surface area contributed by atoms with Crippen LogP contribution in [0.2, 0.25) is 0 Å². The number of nitrogens with zero attached hydrogens (tertiary/aromatic N) is 1. The van der Waals surface area contributed by atoms with E-state index in [2.05, 4.69) is 4.90 Å². The summed E-state index contributed by atoms with van der Waals surface area (Å²) in [5.74, 6) is -6.68. The standard InChI is InChI=1S/C31H39N3O8/c1-42-27-16(19-9-6-10-34(19)15-7-4-2-3-5-8-15)13-20(35)22-17(27)11-14-12-18-24(32)26(37)23(30(33)40)29(39)31(18,41)28(38)21(14)25(22)36/h13-15,18-19,24,35,37-38,41H,2-12,32H2,1H3,(H2,33,40)/t14-,18-,19-,24-,31-/m0/s1. The van der Waals surface area contributed by atoms with Crippen LogP contribution in [0.1, 0.15) is 85.3 Å². The average molecular weight is 582 g/mol. The van der Waals surface area contributed by atoms with E-state index in [4.69, 9.17) is 16.2 Å². The summed E-state index contributed by atoms with van der Waals surface area (Å²) < 4.78 is 5.95. The topological polar surface area (TPSA) is 197 Å². The normalized spacial score (nSPS) is 32.4. The van der Waals surface area contributed by atoms with Crippen LogP contribution in [0.15, 0.2) is 28.7 Å². The summed E-state index contributed by atoms with van der Waals surface area (Å²) >= 11 is 0. The van der Waals surface area contributed by atoms with E-state index in [1.807, 2.05) is 0 Å². The van der Waals surface area contributed by atoms with Crippen LogP contribution < -0.4 is 16.2 Å². The number of phenolic OH excluding ortho intramolecular Hbond substituents is 1. The molecule has 1 saturated heterocycles. The quantitative estimate of drug-likeness (QED) is 0.227. The van der Waals surface area contributed by atoms with Crippen LogP contribution in [-0.2, 0) is 16.0 Å². The van der Waals surface area contributed by atoms with Gasteiger partial charge in [0.25, 0.3) is 5.91 Å². The number of aromatic hydroxyl groups is 1. The maximum absolute atomic E-state index is 14.0. The monoisotopic (exact) mass is 581 g/mol. The van der Waals surface area contributed by atoms with E-state index in [1.165, 1.54) is 32.8 Å². The number of benzene rings is 1. The van der Waals surface area contributed by atoms with Crippen molar-refractivity contribution in [1.82, 2.24) is 4.90 Å². The first-order valence-electron chi connectivity index (χ1n) is 14.9. The van der Waals surface area contributed by atoms with Crippen molar-refractivity contribution in [1.29, 1.82) is 0 Å². The number of aliphatic hydroxyl groups is 3. The zero-order valence-corrected chi connectivity index (χ0v) is 23.8. The second-order valence-corrected chi connectivity index (χ2v) is 12.5. The van der Waals surface area contributed by atoms with Crippen LogP contribution in [0.25, 0.3) is 0 Å². The van der Waals surface area contributed by atoms with Crippen LogP contribution in [0.4, 0.5) is 0 Å². The second-order valence-electron chi connectivity index (χ2n) is 12.5. The van der Waals surface area contributed by atoms with E-state index < -0.39 is 58.0 Å². The molecule has 1 aromatic rings. The first-order chi connectivity index (χ1) is 20.0. The van der Waals surface area contributed by atoms with Crippen LogP contribution in [0.3, 0.4) is 0 Å². The number of primary amides is 1. The predicted molar refractivity (Wildman–Crippen MR) is 151 cm³/mol. The van der Waals surface area contributed by atoms with Gasteiger partial charge in [0, 0.05) is 34.7 Å². The molecular formula is C31H39N3O8. The fourth-order valence-corrected chi connectivity index (χ4v) is 8.43. The summed E-state index contributed by atoms with van der Waals surface area (Å²) in [5, 5.41) is 44.7. The fraction of sp³-hybridized carbons (Fsp3) is 0.581. The molecule has 6 rings (SSSR count). The van der Waals surface area contributed by atoms with E-state index in [1.54, 1.807) is 6.07 Å². The van der Waals surface area contributed by atoms with Gasteiger partial charge in [0.1, 0.15) is 28.6 Å². The van der Waals surface area contributed by atoms with Gasteiger partial charge in [-0.2, -0.15) is 0 Å². The highest BCUT2D eigenvalue weighted by Crippen LogP contribution is 2.54. The third-order valence-electron chi connectivity index (χ3n) is 10.4. The van der Waals surface area contributed by atoms with Gasteiger partial charge < -0.3 is 36.6 Å². The van der Waals surface area contributed by atoms with Crippen LogP contribution in [-0.4, -0.2) is 74.1 Å². The number of carbonyl (C=O) groups excluding carboxylic acids is 3. The lowest BCUT2D eigenvalue weighted by molar-refractivity contribution is -0.145. The Bertz CT molecular complexity index is 1430. The number of phenols is 1. The van der Waals surface area contributed by atoms with Gasteiger partial charge in [0.05, 0.1) is 18.7 Å². The minimum absolute atomic E-state index is 0.0230. The number of likely N-dealkylation sites (tertiary alicyclic amines) is 1. The molecule has 11 heteroatoms. The van der Waals surface area contributed by atoms with Crippen molar-refractivity contribution in [3.63, 3.8) is 0 Å². The summed E-state index contributed by atoms with van der Waals surface area (Å²) in [6.45, 7) is 0.954. The molecule has 4 aliphatic carbocycles. The molecule has 0 bridgehead atoms. The van der Waals surface area contributed by atoms with Crippen LogP contribution in [0.5, 0.6) is 11.5 Å². The average Bonchev–Trinajstić information content (AvgIpc) is 3.28. The molecule has 42 heavy (non-hydrogen) atoms. The number of methoxy groups -OCH3 is 1. The highest BCUT2D eigenvalue weighted by molar-refractivity contribution is 6.24. The third-order valence-corrected chi connectivity index (χ3v) is 10.4. The largest absolute Gasteiger partial charge is 0.510 e. The number of hydrogen-bond donors (Lipinski definition) is 6. The van der Waals surface area contributed by atoms with Gasteiger partial charge in [0.15, 0.2) is 11.4 Å². The SMILES string of the molecule is COc1c([C@@H]2CCCN2C2CCCCCC2)cc(O)c2c1C[C@H]1C[C@H]3[C@H](N)C(O)=C(C(N)=O)C(=O)[C@@]3(O)C(O)=C1C2=O. The van der Waals surface area contributed by atoms with Gasteiger partial charge in [0.2, 0.25) is 5.78 Å². The van der Waals surface area contributed by atoms with Gasteiger partial charge >= 0.3 is 0 Å². The number of fused-ring (bicyclic) bond motifs is 3. The molecule has 11 nitrogen and oxygen atoms in total. The van der Waals surface area contributed by atoms with Gasteiger partial charge in [-0.1, -0.05) is 25.7 Å². The molecule has 8 N–H and O–H groups in total. The number of rotatable bonds is 4. The Morgan fingerprint density at radius 3 is 2.40 bits per heavy atom. The Morgan fingerprint density at radius 1 is 1.07 bits per heavy atom. The number of aliphatic hydroxyl groups excluding tert-OH is 2. The van der Waals surface area contributed by atoms with Crippen LogP contribution >= 0.6 is 0 Å². The lowest BCUT2D eigenvalue weighted by Gasteiger charge is -2.48. The van der Waals surface area contributed by atoms with Crippen molar-refractivity contribution >= 4 is 17.5 Å². The van der Waals surface area contributed by atoms with Gasteiger partial charge in [-0.15, -0.1) is 0 Å². The molecule has 0 unspecified atom stereocenters. The molecule has 0 aromatic heterocycles. The minimum Gasteiger partial charge on any atom is -0.510 e. The Balaban J connectivity index is 1.44. The molecule has 5 aliphatic rings. The molecule has 2 fully saturated rings. The zero-order chi connectivity index (χ0) is 30.1.